The van der Waals surface area contributed by atoms with Crippen LogP contribution in [0.15, 0.2) is 70.3 Å². The molecule has 0 N–H and O–H groups in total. The summed E-state index contributed by atoms with van der Waals surface area (Å²) in [6, 6.07) is 18.2. The van der Waals surface area contributed by atoms with Crippen molar-refractivity contribution in [3.8, 4) is 11.3 Å². The van der Waals surface area contributed by atoms with Crippen molar-refractivity contribution in [2.45, 2.75) is 19.6 Å². The van der Waals surface area contributed by atoms with E-state index in [1.165, 1.54) is 11.6 Å². The van der Waals surface area contributed by atoms with Crippen molar-refractivity contribution in [2.75, 3.05) is 6.61 Å². The Kier molecular flexibility index (Phi) is 4.94. The monoisotopic (exact) mass is 427 g/mol. The molecule has 4 aromatic rings. The molecule has 5 rings (SSSR count). The molecule has 0 radical (unpaired) electrons. The van der Waals surface area contributed by atoms with Gasteiger partial charge in [-0.2, -0.15) is 0 Å². The number of nitrogens with zero attached hydrogens (tertiary/aromatic N) is 3. The summed E-state index contributed by atoms with van der Waals surface area (Å²) in [5, 5.41) is 0.553. The average Bonchev–Trinajstić information content (AvgIpc) is 3.17. The fraction of sp³-hybridized carbons (Fsp3) is 0.231. The van der Waals surface area contributed by atoms with Gasteiger partial charge in [0.05, 0.1) is 28.9 Å². The summed E-state index contributed by atoms with van der Waals surface area (Å²) >= 11 is 0. The van der Waals surface area contributed by atoms with Crippen molar-refractivity contribution in [1.29, 1.82) is 0 Å². The van der Waals surface area contributed by atoms with Crippen LogP contribution in [-0.4, -0.2) is 20.3 Å². The van der Waals surface area contributed by atoms with Crippen LogP contribution in [0.25, 0.3) is 28.2 Å². The zero-order valence-electron chi connectivity index (χ0n) is 18.4. The average molecular weight is 428 g/mol. The molecule has 0 saturated heterocycles. The topological polar surface area (TPSA) is 58.2 Å². The summed E-state index contributed by atoms with van der Waals surface area (Å²) in [5.41, 5.74) is 4.85. The second-order valence-electron chi connectivity index (χ2n) is 8.24. The van der Waals surface area contributed by atoms with Crippen LogP contribution in [0.5, 0.6) is 0 Å². The van der Waals surface area contributed by atoms with Crippen LogP contribution in [0.3, 0.4) is 0 Å². The van der Waals surface area contributed by atoms with E-state index >= 15 is 0 Å². The largest absolute Gasteiger partial charge is 0.366 e. The van der Waals surface area contributed by atoms with E-state index in [0.717, 1.165) is 28.1 Å². The molecule has 162 valence electrons. The van der Waals surface area contributed by atoms with E-state index in [4.69, 9.17) is 4.74 Å². The highest BCUT2D eigenvalue weighted by Gasteiger charge is 2.31. The van der Waals surface area contributed by atoms with Gasteiger partial charge in [0.15, 0.2) is 0 Å². The molecule has 0 saturated carbocycles. The highest BCUT2D eigenvalue weighted by Crippen LogP contribution is 2.38. The lowest BCUT2D eigenvalue weighted by atomic mass is 10.1. The molecular weight excluding hydrogens is 402 g/mol. The van der Waals surface area contributed by atoms with E-state index in [0.29, 0.717) is 24.1 Å². The van der Waals surface area contributed by atoms with Gasteiger partial charge in [-0.15, -0.1) is 0 Å². The zero-order chi connectivity index (χ0) is 22.4. The van der Waals surface area contributed by atoms with Crippen molar-refractivity contribution in [3.63, 3.8) is 0 Å². The number of aromatic nitrogens is 3. The first-order valence-corrected chi connectivity index (χ1v) is 10.7. The second-order valence-corrected chi connectivity index (χ2v) is 8.24. The maximum atomic E-state index is 13.3. The minimum Gasteiger partial charge on any atom is -0.366 e. The van der Waals surface area contributed by atoms with Crippen LogP contribution >= 0.6 is 0 Å². The first-order chi connectivity index (χ1) is 15.5. The molecule has 1 atom stereocenters. The van der Waals surface area contributed by atoms with Crippen LogP contribution < -0.4 is 11.2 Å². The molecule has 6 nitrogen and oxygen atoms in total. The van der Waals surface area contributed by atoms with Gasteiger partial charge in [0.25, 0.3) is 5.56 Å². The molecule has 0 aliphatic carbocycles. The third-order valence-electron chi connectivity index (χ3n) is 6.17. The summed E-state index contributed by atoms with van der Waals surface area (Å²) in [4.78, 5) is 26.2. The molecule has 3 heterocycles. The van der Waals surface area contributed by atoms with Crippen molar-refractivity contribution in [3.05, 3.63) is 98.3 Å². The Morgan fingerprint density at radius 2 is 1.69 bits per heavy atom. The number of aryl methyl sites for hydroxylation is 2. The highest BCUT2D eigenvalue weighted by molar-refractivity contribution is 5.96. The number of hydrogen-bond donors (Lipinski definition) is 0. The minimum atomic E-state index is -0.372. The van der Waals surface area contributed by atoms with Crippen LogP contribution in [0, 0.1) is 6.92 Å². The Morgan fingerprint density at radius 1 is 0.969 bits per heavy atom. The molecule has 1 aliphatic heterocycles. The predicted octanol–water partition coefficient (Wildman–Crippen LogP) is 3.80. The summed E-state index contributed by atoms with van der Waals surface area (Å²) in [7, 11) is 3.25. The molecule has 2 aromatic heterocycles. The van der Waals surface area contributed by atoms with Gasteiger partial charge >= 0.3 is 5.69 Å². The molecule has 0 unspecified atom stereocenters. The van der Waals surface area contributed by atoms with Gasteiger partial charge in [-0.25, -0.2) is 4.79 Å². The molecule has 0 amide bonds. The molecule has 2 aromatic carbocycles. The molecule has 0 bridgehead atoms. The number of ether oxygens (including phenoxy) is 1. The molecule has 1 aliphatic rings. The first-order valence-electron chi connectivity index (χ1n) is 10.7. The van der Waals surface area contributed by atoms with Gasteiger partial charge < -0.3 is 9.30 Å². The van der Waals surface area contributed by atoms with E-state index < -0.39 is 0 Å². The van der Waals surface area contributed by atoms with Gasteiger partial charge in [-0.3, -0.25) is 13.9 Å². The van der Waals surface area contributed by atoms with Crippen LogP contribution in [0.1, 0.15) is 22.9 Å². The van der Waals surface area contributed by atoms with E-state index in [-0.39, 0.29) is 17.4 Å². The number of rotatable bonds is 3. The lowest BCUT2D eigenvalue weighted by molar-refractivity contribution is 0.0532. The first kappa shape index (κ1) is 20.3. The smallest absolute Gasteiger partial charge is 0.331 e. The third kappa shape index (κ3) is 3.15. The van der Waals surface area contributed by atoms with Crippen molar-refractivity contribution >= 4 is 17.0 Å². The van der Waals surface area contributed by atoms with Gasteiger partial charge in [0.2, 0.25) is 0 Å². The minimum absolute atomic E-state index is 0.286. The summed E-state index contributed by atoms with van der Waals surface area (Å²) in [6.07, 6.45) is 3.65. The van der Waals surface area contributed by atoms with Crippen molar-refractivity contribution in [1.82, 2.24) is 13.7 Å². The van der Waals surface area contributed by atoms with Gasteiger partial charge in [0.1, 0.15) is 6.10 Å². The van der Waals surface area contributed by atoms with E-state index in [2.05, 4.69) is 4.57 Å². The Morgan fingerprint density at radius 3 is 2.41 bits per heavy atom. The zero-order valence-corrected chi connectivity index (χ0v) is 18.4. The van der Waals surface area contributed by atoms with Crippen molar-refractivity contribution in [2.24, 2.45) is 14.1 Å². The third-order valence-corrected chi connectivity index (χ3v) is 6.17. The lowest BCUT2D eigenvalue weighted by Crippen LogP contribution is -2.37. The van der Waals surface area contributed by atoms with Crippen LogP contribution in [0.4, 0.5) is 0 Å². The molecule has 0 fully saturated rings. The Labute approximate surface area is 185 Å². The normalized spacial score (nSPS) is 16.0. The number of benzene rings is 2. The summed E-state index contributed by atoms with van der Waals surface area (Å²) in [5.74, 6) is 0. The van der Waals surface area contributed by atoms with Crippen LogP contribution in [-0.2, 0) is 25.4 Å². The molecule has 6 heteroatoms. The standard InChI is InChI=1S/C26H25N3O3/c1-17-9-12-19(13-10-17)22-21-24(27(2)26(31)28(3)25(21)30)23-20(32-16-15-29(22)23)14-11-18-7-5-4-6-8-18/h4-14,20H,15-16H2,1-3H3/b14-11+/t20-/m0/s1. The fourth-order valence-electron chi connectivity index (χ4n) is 4.53. The maximum absolute atomic E-state index is 13.3. The second kappa shape index (κ2) is 7.80. The van der Waals surface area contributed by atoms with Gasteiger partial charge in [-0.1, -0.05) is 66.2 Å². The lowest BCUT2D eigenvalue weighted by Gasteiger charge is -2.25. The van der Waals surface area contributed by atoms with Crippen LogP contribution in [0.2, 0.25) is 0 Å². The van der Waals surface area contributed by atoms with Crippen molar-refractivity contribution < 1.29 is 4.74 Å². The Hall–Kier alpha value is -3.64. The SMILES string of the molecule is Cc1ccc(-c2c3c(=O)n(C)c(=O)n(C)c3c3n2CCO[C@H]3/C=C/c2ccccc2)cc1. The number of fused-ring (bicyclic) bond motifs is 3. The number of hydrogen-bond acceptors (Lipinski definition) is 3. The van der Waals surface area contributed by atoms with Gasteiger partial charge in [0, 0.05) is 20.6 Å². The summed E-state index contributed by atoms with van der Waals surface area (Å²) in [6.45, 7) is 3.17. The molecule has 32 heavy (non-hydrogen) atoms. The van der Waals surface area contributed by atoms with Gasteiger partial charge in [-0.05, 0) is 24.1 Å². The van der Waals surface area contributed by atoms with E-state index in [1.54, 1.807) is 11.6 Å². The molecule has 0 spiro atoms. The fourth-order valence-corrected chi connectivity index (χ4v) is 4.53. The molecular formula is C26H25N3O3. The highest BCUT2D eigenvalue weighted by atomic mass is 16.5. The predicted molar refractivity (Wildman–Crippen MR) is 127 cm³/mol. The quantitative estimate of drug-likeness (QED) is 0.500. The van der Waals surface area contributed by atoms with E-state index in [9.17, 15) is 9.59 Å². The summed E-state index contributed by atoms with van der Waals surface area (Å²) < 4.78 is 11.0. The Bertz CT molecular complexity index is 1460. The Balaban J connectivity index is 1.83. The maximum Gasteiger partial charge on any atom is 0.331 e. The van der Waals surface area contributed by atoms with E-state index in [1.807, 2.05) is 73.7 Å².